The predicted molar refractivity (Wildman–Crippen MR) is 103 cm³/mol. The van der Waals surface area contributed by atoms with Gasteiger partial charge in [0.15, 0.2) is 5.82 Å². The summed E-state index contributed by atoms with van der Waals surface area (Å²) in [7, 11) is 0. The number of anilines is 1. The molecule has 0 saturated carbocycles. The van der Waals surface area contributed by atoms with Gasteiger partial charge in [-0.2, -0.15) is 0 Å². The number of fused-ring (bicyclic) bond motifs is 3. The highest BCUT2D eigenvalue weighted by atomic mass is 35.5. The van der Waals surface area contributed by atoms with Gasteiger partial charge in [-0.05, 0) is 24.6 Å². The average Bonchev–Trinajstić information content (AvgIpc) is 3.06. The molecule has 1 N–H and O–H groups in total. The number of benzene rings is 1. The fourth-order valence-corrected chi connectivity index (χ4v) is 3.20. The van der Waals surface area contributed by atoms with Gasteiger partial charge in [-0.15, -0.1) is 10.2 Å². The van der Waals surface area contributed by atoms with Gasteiger partial charge in [0, 0.05) is 12.1 Å². The maximum atomic E-state index is 6.45. The number of halogens is 1. The summed E-state index contributed by atoms with van der Waals surface area (Å²) in [5, 5.41) is 12.2. The third-order valence-corrected chi connectivity index (χ3v) is 4.65. The monoisotopic (exact) mass is 366 g/mol. The van der Waals surface area contributed by atoms with Crippen LogP contribution in [-0.4, -0.2) is 32.0 Å². The summed E-state index contributed by atoms with van der Waals surface area (Å²) < 4.78 is 1.94. The molecule has 0 atom stereocenters. The van der Waals surface area contributed by atoms with Crippen LogP contribution in [0.1, 0.15) is 36.8 Å². The Balaban J connectivity index is 1.84. The summed E-state index contributed by atoms with van der Waals surface area (Å²) in [6.45, 7) is 3.48. The van der Waals surface area contributed by atoms with E-state index in [9.17, 15) is 0 Å². The minimum atomic E-state index is 0.426. The first kappa shape index (κ1) is 16.7. The second-order valence-corrected chi connectivity index (χ2v) is 6.51. The molecule has 6 nitrogen and oxygen atoms in total. The van der Waals surface area contributed by atoms with Gasteiger partial charge in [0.2, 0.25) is 0 Å². The molecule has 1 aliphatic heterocycles. The Morgan fingerprint density at radius 1 is 1.19 bits per heavy atom. The number of unbranched alkanes of at least 4 members (excludes halogenated alkanes) is 1. The van der Waals surface area contributed by atoms with E-state index < -0.39 is 0 Å². The van der Waals surface area contributed by atoms with Crippen molar-refractivity contribution in [3.8, 4) is 5.69 Å². The Morgan fingerprint density at radius 3 is 2.92 bits per heavy atom. The van der Waals surface area contributed by atoms with Crippen molar-refractivity contribution >= 4 is 23.1 Å². The van der Waals surface area contributed by atoms with Crippen LogP contribution in [0.25, 0.3) is 5.69 Å². The molecule has 0 fully saturated rings. The molecular weight excluding hydrogens is 348 g/mol. The quantitative estimate of drug-likeness (QED) is 0.696. The molecule has 0 spiro atoms. The fourth-order valence-electron chi connectivity index (χ4n) is 2.97. The average molecular weight is 367 g/mol. The van der Waals surface area contributed by atoms with Crippen LogP contribution in [0.5, 0.6) is 0 Å². The summed E-state index contributed by atoms with van der Waals surface area (Å²) in [5.74, 6) is 1.61. The molecular formula is C19H19ClN6. The zero-order valence-electron chi connectivity index (χ0n) is 14.5. The highest BCUT2D eigenvalue weighted by Crippen LogP contribution is 2.27. The first-order valence-corrected chi connectivity index (χ1v) is 9.09. The Kier molecular flexibility index (Phi) is 4.67. The van der Waals surface area contributed by atoms with Gasteiger partial charge in [-0.1, -0.05) is 43.1 Å². The Hall–Kier alpha value is -2.73. The van der Waals surface area contributed by atoms with E-state index in [-0.39, 0.29) is 0 Å². The third kappa shape index (κ3) is 3.08. The molecule has 1 aliphatic rings. The van der Waals surface area contributed by atoms with E-state index in [0.717, 1.165) is 53.7 Å². The van der Waals surface area contributed by atoms with Gasteiger partial charge in [-0.25, -0.2) is 4.98 Å². The lowest BCUT2D eigenvalue weighted by Gasteiger charge is -2.13. The number of pyridine rings is 1. The van der Waals surface area contributed by atoms with Crippen molar-refractivity contribution in [2.45, 2.75) is 26.3 Å². The van der Waals surface area contributed by atoms with Gasteiger partial charge in [0.25, 0.3) is 0 Å². The molecule has 3 aromatic rings. The van der Waals surface area contributed by atoms with E-state index >= 15 is 0 Å². The largest absolute Gasteiger partial charge is 0.370 e. The zero-order chi connectivity index (χ0) is 17.9. The number of hydrogen-bond acceptors (Lipinski definition) is 5. The van der Waals surface area contributed by atoms with Crippen molar-refractivity contribution in [3.05, 3.63) is 64.8 Å². The maximum Gasteiger partial charge on any atom is 0.159 e. The molecule has 7 heteroatoms. The minimum Gasteiger partial charge on any atom is -0.370 e. The molecule has 0 aliphatic carbocycles. The summed E-state index contributed by atoms with van der Waals surface area (Å²) in [5.41, 5.74) is 3.32. The van der Waals surface area contributed by atoms with Crippen LogP contribution in [0, 0.1) is 0 Å². The first-order valence-electron chi connectivity index (χ1n) is 8.72. The molecule has 2 aromatic heterocycles. The van der Waals surface area contributed by atoms with E-state index in [4.69, 9.17) is 21.6 Å². The normalized spacial score (nSPS) is 12.8. The molecule has 1 aromatic carbocycles. The van der Waals surface area contributed by atoms with E-state index in [1.807, 2.05) is 41.0 Å². The second-order valence-electron chi connectivity index (χ2n) is 6.11. The number of nitrogens with zero attached hydrogens (tertiary/aromatic N) is 5. The Morgan fingerprint density at radius 2 is 2.08 bits per heavy atom. The maximum absolute atomic E-state index is 6.45. The van der Waals surface area contributed by atoms with Gasteiger partial charge in [0.1, 0.15) is 24.4 Å². The summed E-state index contributed by atoms with van der Waals surface area (Å²) in [6, 6.07) is 11.7. The first-order chi connectivity index (χ1) is 12.8. The van der Waals surface area contributed by atoms with Crippen molar-refractivity contribution in [2.24, 2.45) is 4.99 Å². The lowest BCUT2D eigenvalue weighted by Crippen LogP contribution is -2.12. The number of hydrogen-bond donors (Lipinski definition) is 1. The molecule has 26 heavy (non-hydrogen) atoms. The number of rotatable bonds is 5. The topological polar surface area (TPSA) is 68.0 Å². The highest BCUT2D eigenvalue weighted by molar-refractivity contribution is 6.35. The number of aliphatic imine (C=N–C) groups is 1. The number of nitrogens with one attached hydrogen (secondary N) is 1. The van der Waals surface area contributed by atoms with E-state index in [0.29, 0.717) is 11.6 Å². The third-order valence-electron chi connectivity index (χ3n) is 4.32. The van der Waals surface area contributed by atoms with Crippen molar-refractivity contribution in [1.82, 2.24) is 19.7 Å². The van der Waals surface area contributed by atoms with E-state index in [1.54, 1.807) is 6.33 Å². The van der Waals surface area contributed by atoms with Crippen LogP contribution in [0.15, 0.2) is 47.7 Å². The summed E-state index contributed by atoms with van der Waals surface area (Å²) >= 11 is 6.45. The molecule has 0 saturated heterocycles. The highest BCUT2D eigenvalue weighted by Gasteiger charge is 2.22. The van der Waals surface area contributed by atoms with Crippen molar-refractivity contribution in [2.75, 3.05) is 11.9 Å². The molecule has 132 valence electrons. The predicted octanol–water partition coefficient (Wildman–Crippen LogP) is 3.88. The number of aromatic nitrogens is 4. The van der Waals surface area contributed by atoms with Crippen LogP contribution in [-0.2, 0) is 6.54 Å². The summed E-state index contributed by atoms with van der Waals surface area (Å²) in [4.78, 5) is 9.61. The molecule has 0 radical (unpaired) electrons. The SMILES string of the molecule is CCCCNc1ccc2c(n1)C(c1ccccc1Cl)=NCc1nncn1-2. The summed E-state index contributed by atoms with van der Waals surface area (Å²) in [6.07, 6.45) is 3.93. The van der Waals surface area contributed by atoms with Crippen LogP contribution < -0.4 is 5.32 Å². The van der Waals surface area contributed by atoms with E-state index in [2.05, 4.69) is 22.4 Å². The molecule has 0 unspecified atom stereocenters. The lowest BCUT2D eigenvalue weighted by molar-refractivity contribution is 0.830. The molecule has 4 rings (SSSR count). The van der Waals surface area contributed by atoms with Crippen molar-refractivity contribution < 1.29 is 0 Å². The van der Waals surface area contributed by atoms with Crippen molar-refractivity contribution in [1.29, 1.82) is 0 Å². The second kappa shape index (κ2) is 7.25. The lowest BCUT2D eigenvalue weighted by atomic mass is 10.1. The Labute approximate surface area is 157 Å². The standard InChI is InChI=1S/C19H19ClN6/c1-2-3-10-21-16-9-8-15-19(24-16)18(13-6-4-5-7-14(13)20)22-11-17-25-23-12-26(15)17/h4-9,12H,2-3,10-11H2,1H3,(H,21,24). The minimum absolute atomic E-state index is 0.426. The van der Waals surface area contributed by atoms with Crippen molar-refractivity contribution in [3.63, 3.8) is 0 Å². The Bertz CT molecular complexity index is 962. The van der Waals surface area contributed by atoms with E-state index in [1.165, 1.54) is 0 Å². The molecule has 0 bridgehead atoms. The molecule has 0 amide bonds. The van der Waals surface area contributed by atoms with Gasteiger partial charge in [0.05, 0.1) is 16.4 Å². The molecule has 3 heterocycles. The van der Waals surface area contributed by atoms with Gasteiger partial charge in [-0.3, -0.25) is 9.56 Å². The van der Waals surface area contributed by atoms with Crippen LogP contribution in [0.4, 0.5) is 5.82 Å². The fraction of sp³-hybridized carbons (Fsp3) is 0.263. The van der Waals surface area contributed by atoms with Crippen LogP contribution >= 0.6 is 11.6 Å². The van der Waals surface area contributed by atoms with Gasteiger partial charge < -0.3 is 5.32 Å². The zero-order valence-corrected chi connectivity index (χ0v) is 15.2. The van der Waals surface area contributed by atoms with Gasteiger partial charge >= 0.3 is 0 Å². The van der Waals surface area contributed by atoms with Crippen LogP contribution in [0.2, 0.25) is 5.02 Å². The smallest absolute Gasteiger partial charge is 0.159 e. The van der Waals surface area contributed by atoms with Crippen LogP contribution in [0.3, 0.4) is 0 Å².